The van der Waals surface area contributed by atoms with Crippen LogP contribution in [0, 0.1) is 5.92 Å². The van der Waals surface area contributed by atoms with Crippen LogP contribution in [-0.2, 0) is 14.3 Å². The van der Waals surface area contributed by atoms with E-state index >= 15 is 0 Å². The Labute approximate surface area is 72.0 Å². The van der Waals surface area contributed by atoms with Crippen molar-refractivity contribution in [2.24, 2.45) is 5.92 Å². The second-order valence-electron chi connectivity index (χ2n) is 3.86. The topological polar surface area (TPSA) is 35.5 Å². The van der Waals surface area contributed by atoms with Crippen molar-refractivity contribution in [3.8, 4) is 0 Å². The van der Waals surface area contributed by atoms with Gasteiger partial charge < -0.3 is 9.47 Å². The lowest BCUT2D eigenvalue weighted by Gasteiger charge is -2.25. The van der Waals surface area contributed by atoms with Crippen molar-refractivity contribution in [3.05, 3.63) is 0 Å². The van der Waals surface area contributed by atoms with Gasteiger partial charge in [0.25, 0.3) is 6.47 Å². The predicted octanol–water partition coefficient (Wildman–Crippen LogP) is 1.47. The molecule has 2 rings (SSSR count). The second-order valence-corrected chi connectivity index (χ2v) is 3.86. The molecule has 0 aromatic heterocycles. The van der Waals surface area contributed by atoms with Gasteiger partial charge in [0.15, 0.2) is 6.79 Å². The van der Waals surface area contributed by atoms with E-state index in [-0.39, 0.29) is 12.4 Å². The van der Waals surface area contributed by atoms with Gasteiger partial charge in [-0.2, -0.15) is 0 Å². The van der Waals surface area contributed by atoms with Crippen LogP contribution in [0.5, 0.6) is 0 Å². The minimum atomic E-state index is 0.0771. The molecule has 0 aromatic rings. The Bertz CT molecular complexity index is 171. The molecule has 0 aliphatic heterocycles. The summed E-state index contributed by atoms with van der Waals surface area (Å²) >= 11 is 0. The predicted molar refractivity (Wildman–Crippen MR) is 42.4 cm³/mol. The van der Waals surface area contributed by atoms with Crippen molar-refractivity contribution in [2.75, 3.05) is 6.79 Å². The summed E-state index contributed by atoms with van der Waals surface area (Å²) in [6.45, 7) is 0.578. The van der Waals surface area contributed by atoms with Gasteiger partial charge in [0, 0.05) is 0 Å². The molecule has 0 heterocycles. The number of rotatable bonds is 4. The highest BCUT2D eigenvalue weighted by molar-refractivity contribution is 5.36. The normalized spacial score (nSPS) is 38.5. The quantitative estimate of drug-likeness (QED) is 0.364. The van der Waals surface area contributed by atoms with Crippen molar-refractivity contribution in [3.63, 3.8) is 0 Å². The molecule has 2 aliphatic carbocycles. The van der Waals surface area contributed by atoms with Crippen LogP contribution in [0.1, 0.15) is 32.1 Å². The molecule has 0 saturated heterocycles. The van der Waals surface area contributed by atoms with Crippen molar-refractivity contribution in [1.29, 1.82) is 0 Å². The highest BCUT2D eigenvalue weighted by atomic mass is 16.7. The highest BCUT2D eigenvalue weighted by Crippen LogP contribution is 2.49. The number of carbonyl (C=O) groups excluding carboxylic acids is 1. The zero-order valence-electron chi connectivity index (χ0n) is 7.12. The summed E-state index contributed by atoms with van der Waals surface area (Å²) < 4.78 is 10.1. The summed E-state index contributed by atoms with van der Waals surface area (Å²) in [5, 5.41) is 0. The van der Waals surface area contributed by atoms with E-state index in [0.717, 1.165) is 18.8 Å². The maximum atomic E-state index is 9.88. The second kappa shape index (κ2) is 3.05. The third-order valence-corrected chi connectivity index (χ3v) is 3.18. The van der Waals surface area contributed by atoms with Crippen molar-refractivity contribution >= 4 is 6.47 Å². The minimum Gasteiger partial charge on any atom is -0.441 e. The van der Waals surface area contributed by atoms with Crippen LogP contribution in [0.15, 0.2) is 0 Å². The molecule has 0 unspecified atom stereocenters. The van der Waals surface area contributed by atoms with Gasteiger partial charge in [-0.1, -0.05) is 0 Å². The molecule has 12 heavy (non-hydrogen) atoms. The van der Waals surface area contributed by atoms with E-state index in [1.807, 2.05) is 0 Å². The molecule has 68 valence electrons. The smallest absolute Gasteiger partial charge is 0.295 e. The van der Waals surface area contributed by atoms with E-state index in [1.54, 1.807) is 0 Å². The van der Waals surface area contributed by atoms with Crippen molar-refractivity contribution in [1.82, 2.24) is 0 Å². The van der Waals surface area contributed by atoms with Crippen molar-refractivity contribution in [2.45, 2.75) is 37.7 Å². The van der Waals surface area contributed by atoms with Crippen LogP contribution in [0.25, 0.3) is 0 Å². The molecule has 3 heteroatoms. The lowest BCUT2D eigenvalue weighted by molar-refractivity contribution is -0.158. The Morgan fingerprint density at radius 1 is 1.42 bits per heavy atom. The largest absolute Gasteiger partial charge is 0.441 e. The van der Waals surface area contributed by atoms with Gasteiger partial charge in [-0.25, -0.2) is 0 Å². The summed E-state index contributed by atoms with van der Waals surface area (Å²) in [7, 11) is 0. The molecule has 2 saturated carbocycles. The standard InChI is InChI=1S/C9H14O3/c10-6-11-7-12-9-3-1-8(5-9)2-4-9/h6,8H,1-5,7H2. The lowest BCUT2D eigenvalue weighted by Crippen LogP contribution is -2.27. The van der Waals surface area contributed by atoms with Crippen LogP contribution in [-0.4, -0.2) is 18.9 Å². The molecular formula is C9H14O3. The molecule has 0 N–H and O–H groups in total. The zero-order valence-corrected chi connectivity index (χ0v) is 7.12. The summed E-state index contributed by atoms with van der Waals surface area (Å²) in [5.41, 5.74) is 0.0771. The van der Waals surface area contributed by atoms with Gasteiger partial charge >= 0.3 is 0 Å². The Morgan fingerprint density at radius 2 is 2.17 bits per heavy atom. The summed E-state index contributed by atoms with van der Waals surface area (Å²) in [4.78, 5) is 9.88. The first-order valence-corrected chi connectivity index (χ1v) is 4.54. The third kappa shape index (κ3) is 1.33. The minimum absolute atomic E-state index is 0.0771. The van der Waals surface area contributed by atoms with Gasteiger partial charge in [0.05, 0.1) is 5.60 Å². The van der Waals surface area contributed by atoms with E-state index in [9.17, 15) is 4.79 Å². The van der Waals surface area contributed by atoms with Gasteiger partial charge in [-0.15, -0.1) is 0 Å². The van der Waals surface area contributed by atoms with Crippen LogP contribution >= 0.6 is 0 Å². The van der Waals surface area contributed by atoms with Gasteiger partial charge in [-0.3, -0.25) is 4.79 Å². The highest BCUT2D eigenvalue weighted by Gasteiger charge is 2.45. The molecule has 0 aromatic carbocycles. The first kappa shape index (κ1) is 8.05. The number of fused-ring (bicyclic) bond motifs is 2. The first-order valence-electron chi connectivity index (χ1n) is 4.54. The molecule has 0 atom stereocenters. The van der Waals surface area contributed by atoms with Gasteiger partial charge in [0.1, 0.15) is 0 Å². The Balaban J connectivity index is 1.81. The maximum absolute atomic E-state index is 9.88. The number of carbonyl (C=O) groups is 1. The van der Waals surface area contributed by atoms with E-state index in [4.69, 9.17) is 4.74 Å². The summed E-state index contributed by atoms with van der Waals surface area (Å²) in [6.07, 6.45) is 6.07. The van der Waals surface area contributed by atoms with Gasteiger partial charge in [-0.05, 0) is 38.0 Å². The average molecular weight is 170 g/mol. The third-order valence-electron chi connectivity index (χ3n) is 3.18. The molecule has 2 fully saturated rings. The fraction of sp³-hybridized carbons (Fsp3) is 0.889. The van der Waals surface area contributed by atoms with Crippen molar-refractivity contribution < 1.29 is 14.3 Å². The molecule has 0 radical (unpaired) electrons. The van der Waals surface area contributed by atoms with Crippen LogP contribution < -0.4 is 0 Å². The van der Waals surface area contributed by atoms with E-state index in [1.165, 1.54) is 19.3 Å². The van der Waals surface area contributed by atoms with E-state index in [2.05, 4.69) is 4.74 Å². The summed E-state index contributed by atoms with van der Waals surface area (Å²) in [6, 6.07) is 0. The van der Waals surface area contributed by atoms with E-state index in [0.29, 0.717) is 6.47 Å². The SMILES string of the molecule is O=COCOC12CCC(CC1)C2. The number of ether oxygens (including phenoxy) is 2. The molecule has 2 bridgehead atoms. The van der Waals surface area contributed by atoms with E-state index < -0.39 is 0 Å². The maximum Gasteiger partial charge on any atom is 0.295 e. The molecule has 2 aliphatic rings. The van der Waals surface area contributed by atoms with Crippen LogP contribution in [0.2, 0.25) is 0 Å². The molecule has 3 nitrogen and oxygen atoms in total. The average Bonchev–Trinajstić information content (AvgIpc) is 2.64. The molecular weight excluding hydrogens is 156 g/mol. The number of hydrogen-bond acceptors (Lipinski definition) is 3. The van der Waals surface area contributed by atoms with Crippen LogP contribution in [0.4, 0.5) is 0 Å². The first-order chi connectivity index (χ1) is 5.85. The molecule has 0 amide bonds. The number of hydrogen-bond donors (Lipinski definition) is 0. The monoisotopic (exact) mass is 170 g/mol. The lowest BCUT2D eigenvalue weighted by atomic mass is 9.97. The van der Waals surface area contributed by atoms with Crippen LogP contribution in [0.3, 0.4) is 0 Å². The Morgan fingerprint density at radius 3 is 2.67 bits per heavy atom. The fourth-order valence-corrected chi connectivity index (χ4v) is 2.53. The molecule has 0 spiro atoms. The zero-order chi connectivity index (χ0) is 8.44. The Kier molecular flexibility index (Phi) is 2.05. The fourth-order valence-electron chi connectivity index (χ4n) is 2.53. The van der Waals surface area contributed by atoms with Gasteiger partial charge in [0.2, 0.25) is 0 Å². The summed E-state index contributed by atoms with van der Waals surface area (Å²) in [5.74, 6) is 0.876. The Hall–Kier alpha value is -0.570.